The Kier molecular flexibility index (Phi) is 9.40. The molecule has 0 aliphatic carbocycles. The minimum Gasteiger partial charge on any atom is -0.493 e. The highest BCUT2D eigenvalue weighted by molar-refractivity contribution is 5.96. The lowest BCUT2D eigenvalue weighted by Gasteiger charge is -2.28. The highest BCUT2D eigenvalue weighted by Gasteiger charge is 2.26. The van der Waals surface area contributed by atoms with Gasteiger partial charge in [0.2, 0.25) is 5.75 Å². The van der Waals surface area contributed by atoms with Crippen molar-refractivity contribution >= 4 is 12.0 Å². The summed E-state index contributed by atoms with van der Waals surface area (Å²) in [6, 6.07) is 14.2. The van der Waals surface area contributed by atoms with Gasteiger partial charge in [0, 0.05) is 24.7 Å². The van der Waals surface area contributed by atoms with Gasteiger partial charge >= 0.3 is 0 Å². The number of amides is 1. The number of benzene rings is 2. The summed E-state index contributed by atoms with van der Waals surface area (Å²) in [6.07, 6.45) is 5.52. The Morgan fingerprint density at radius 1 is 1.09 bits per heavy atom. The highest BCUT2D eigenvalue weighted by atomic mass is 16.5. The van der Waals surface area contributed by atoms with E-state index in [0.29, 0.717) is 41.9 Å². The van der Waals surface area contributed by atoms with E-state index in [1.54, 1.807) is 33.5 Å². The summed E-state index contributed by atoms with van der Waals surface area (Å²) in [5.41, 5.74) is 2.79. The molecule has 1 unspecified atom stereocenters. The number of likely N-dealkylation sites (tertiary alicyclic amines) is 1. The van der Waals surface area contributed by atoms with Crippen LogP contribution in [-0.4, -0.2) is 69.3 Å². The monoisotopic (exact) mass is 466 g/mol. The Morgan fingerprint density at radius 3 is 2.35 bits per heavy atom. The van der Waals surface area contributed by atoms with Crippen LogP contribution in [0.3, 0.4) is 0 Å². The molecule has 6 heteroatoms. The Labute approximate surface area is 204 Å². The molecule has 2 aromatic rings. The van der Waals surface area contributed by atoms with Gasteiger partial charge in [-0.3, -0.25) is 4.79 Å². The van der Waals surface area contributed by atoms with E-state index in [1.165, 1.54) is 12.8 Å². The molecule has 1 aliphatic rings. The maximum atomic E-state index is 13.8. The average molecular weight is 467 g/mol. The summed E-state index contributed by atoms with van der Waals surface area (Å²) >= 11 is 0. The van der Waals surface area contributed by atoms with Gasteiger partial charge in [0.15, 0.2) is 11.5 Å². The lowest BCUT2D eigenvalue weighted by atomic mass is 10.1. The van der Waals surface area contributed by atoms with Crippen molar-refractivity contribution in [1.82, 2.24) is 9.80 Å². The predicted molar refractivity (Wildman–Crippen MR) is 137 cm³/mol. The Bertz CT molecular complexity index is 949. The summed E-state index contributed by atoms with van der Waals surface area (Å²) in [4.78, 5) is 18.2. The standard InChI is InChI=1S/C28H38N2O4/c1-6-29-15-10-13-24(29)14-16-30(20-21(2)17-22-11-8-7-9-12-22)28(31)23-18-25(32-3)27(34-5)26(19-23)33-4/h7-9,11-12,17-19,24H,6,10,13-16,20H2,1-5H3/b21-17+. The zero-order valence-electron chi connectivity index (χ0n) is 21.2. The van der Waals surface area contributed by atoms with Crippen molar-refractivity contribution in [3.8, 4) is 17.2 Å². The number of carbonyl (C=O) groups is 1. The van der Waals surface area contributed by atoms with Crippen LogP contribution in [0.2, 0.25) is 0 Å². The summed E-state index contributed by atoms with van der Waals surface area (Å²) in [7, 11) is 4.69. The number of hydrogen-bond donors (Lipinski definition) is 0. The molecule has 1 saturated heterocycles. The van der Waals surface area contributed by atoms with Crippen molar-refractivity contribution in [3.63, 3.8) is 0 Å². The molecule has 0 bridgehead atoms. The van der Waals surface area contributed by atoms with Crippen LogP contribution >= 0.6 is 0 Å². The van der Waals surface area contributed by atoms with Gasteiger partial charge in [-0.2, -0.15) is 0 Å². The quantitative estimate of drug-likeness (QED) is 0.459. The SMILES string of the molecule is CCN1CCCC1CCN(C/C(C)=C/c1ccccc1)C(=O)c1cc(OC)c(OC)c(OC)c1. The second kappa shape index (κ2) is 12.5. The first kappa shape index (κ1) is 25.6. The van der Waals surface area contributed by atoms with E-state index >= 15 is 0 Å². The molecule has 1 amide bonds. The molecule has 1 heterocycles. The predicted octanol–water partition coefficient (Wildman–Crippen LogP) is 5.13. The zero-order valence-corrected chi connectivity index (χ0v) is 21.2. The highest BCUT2D eigenvalue weighted by Crippen LogP contribution is 2.38. The van der Waals surface area contributed by atoms with Gasteiger partial charge < -0.3 is 24.0 Å². The van der Waals surface area contributed by atoms with E-state index in [2.05, 4.69) is 37.0 Å². The van der Waals surface area contributed by atoms with Gasteiger partial charge in [-0.15, -0.1) is 0 Å². The van der Waals surface area contributed by atoms with Crippen molar-refractivity contribution in [1.29, 1.82) is 0 Å². The van der Waals surface area contributed by atoms with Gasteiger partial charge in [-0.1, -0.05) is 48.9 Å². The van der Waals surface area contributed by atoms with Gasteiger partial charge in [-0.05, 0) is 57.0 Å². The molecule has 0 spiro atoms. The van der Waals surface area contributed by atoms with E-state index in [-0.39, 0.29) is 5.91 Å². The summed E-state index contributed by atoms with van der Waals surface area (Å²) in [6.45, 7) is 7.74. The molecule has 2 aromatic carbocycles. The fourth-order valence-electron chi connectivity index (χ4n) is 4.76. The van der Waals surface area contributed by atoms with E-state index in [1.807, 2.05) is 23.1 Å². The normalized spacial score (nSPS) is 16.4. The number of ether oxygens (including phenoxy) is 3. The number of rotatable bonds is 11. The topological polar surface area (TPSA) is 51.2 Å². The molecule has 34 heavy (non-hydrogen) atoms. The van der Waals surface area contributed by atoms with Crippen molar-refractivity contribution in [2.45, 2.75) is 39.2 Å². The Hall–Kier alpha value is -2.99. The third kappa shape index (κ3) is 6.32. The molecule has 0 radical (unpaired) electrons. The molecule has 0 N–H and O–H groups in total. The minimum atomic E-state index is -0.0406. The first-order valence-corrected chi connectivity index (χ1v) is 12.1. The molecule has 184 valence electrons. The average Bonchev–Trinajstić information content (AvgIpc) is 3.33. The fourth-order valence-corrected chi connectivity index (χ4v) is 4.76. The van der Waals surface area contributed by atoms with E-state index < -0.39 is 0 Å². The van der Waals surface area contributed by atoms with Crippen molar-refractivity contribution in [2.24, 2.45) is 0 Å². The smallest absolute Gasteiger partial charge is 0.254 e. The van der Waals surface area contributed by atoms with Crippen LogP contribution in [0.5, 0.6) is 17.2 Å². The van der Waals surface area contributed by atoms with Crippen LogP contribution in [0.1, 0.15) is 49.0 Å². The molecular formula is C28H38N2O4. The molecule has 3 rings (SSSR count). The van der Waals surface area contributed by atoms with Gasteiger partial charge in [0.1, 0.15) is 0 Å². The molecule has 6 nitrogen and oxygen atoms in total. The Morgan fingerprint density at radius 2 is 1.76 bits per heavy atom. The second-order valence-electron chi connectivity index (χ2n) is 8.76. The van der Waals surface area contributed by atoms with Crippen LogP contribution < -0.4 is 14.2 Å². The third-order valence-electron chi connectivity index (χ3n) is 6.49. The van der Waals surface area contributed by atoms with Crippen molar-refractivity contribution in [3.05, 3.63) is 59.2 Å². The maximum Gasteiger partial charge on any atom is 0.254 e. The molecular weight excluding hydrogens is 428 g/mol. The summed E-state index contributed by atoms with van der Waals surface area (Å²) in [5, 5.41) is 0. The van der Waals surface area contributed by atoms with Gasteiger partial charge in [0.05, 0.1) is 21.3 Å². The largest absolute Gasteiger partial charge is 0.493 e. The van der Waals surface area contributed by atoms with E-state index in [0.717, 1.165) is 30.6 Å². The van der Waals surface area contributed by atoms with Gasteiger partial charge in [0.25, 0.3) is 5.91 Å². The van der Waals surface area contributed by atoms with Gasteiger partial charge in [-0.25, -0.2) is 0 Å². The number of hydrogen-bond acceptors (Lipinski definition) is 5. The molecule has 1 aliphatic heterocycles. The number of carbonyl (C=O) groups excluding carboxylic acids is 1. The zero-order chi connectivity index (χ0) is 24.5. The first-order chi connectivity index (χ1) is 16.5. The van der Waals surface area contributed by atoms with Crippen LogP contribution in [0, 0.1) is 0 Å². The Balaban J connectivity index is 1.87. The molecule has 1 atom stereocenters. The number of nitrogens with zero attached hydrogens (tertiary/aromatic N) is 2. The maximum absolute atomic E-state index is 13.8. The van der Waals surface area contributed by atoms with Crippen molar-refractivity contribution in [2.75, 3.05) is 47.5 Å². The summed E-state index contributed by atoms with van der Waals surface area (Å²) in [5.74, 6) is 1.41. The van der Waals surface area contributed by atoms with Crippen LogP contribution in [0.25, 0.3) is 6.08 Å². The fraction of sp³-hybridized carbons (Fsp3) is 0.464. The van der Waals surface area contributed by atoms with E-state index in [9.17, 15) is 4.79 Å². The lowest BCUT2D eigenvalue weighted by molar-refractivity contribution is 0.0755. The van der Waals surface area contributed by atoms with Crippen molar-refractivity contribution < 1.29 is 19.0 Å². The minimum absolute atomic E-state index is 0.0406. The molecule has 1 fully saturated rings. The molecule has 0 aromatic heterocycles. The lowest BCUT2D eigenvalue weighted by Crippen LogP contribution is -2.38. The van der Waals surface area contributed by atoms with Crippen LogP contribution in [0.15, 0.2) is 48.0 Å². The van der Waals surface area contributed by atoms with E-state index in [4.69, 9.17) is 14.2 Å². The van der Waals surface area contributed by atoms with Crippen LogP contribution in [0.4, 0.5) is 0 Å². The summed E-state index contributed by atoms with van der Waals surface area (Å²) < 4.78 is 16.4. The van der Waals surface area contributed by atoms with Crippen LogP contribution in [-0.2, 0) is 0 Å². The first-order valence-electron chi connectivity index (χ1n) is 12.1. The molecule has 0 saturated carbocycles. The second-order valence-corrected chi connectivity index (χ2v) is 8.76. The third-order valence-corrected chi connectivity index (χ3v) is 6.49. The number of methoxy groups -OCH3 is 3.